The summed E-state index contributed by atoms with van der Waals surface area (Å²) in [5.41, 5.74) is 0.115. The number of anilines is 1. The van der Waals surface area contributed by atoms with Crippen molar-refractivity contribution in [3.8, 4) is 0 Å². The molecule has 0 fully saturated rings. The largest absolute Gasteiger partial charge is 0.305 e. The Kier molecular flexibility index (Phi) is 3.30. The monoisotopic (exact) mass is 249 g/mol. The summed E-state index contributed by atoms with van der Waals surface area (Å²) in [5.74, 6) is -0.453. The number of amides is 1. The van der Waals surface area contributed by atoms with Crippen molar-refractivity contribution in [2.75, 3.05) is 5.32 Å². The molecule has 1 aromatic heterocycles. The number of hydrogen-bond acceptors (Lipinski definition) is 4. The van der Waals surface area contributed by atoms with Crippen LogP contribution in [0.3, 0.4) is 0 Å². The third kappa shape index (κ3) is 2.76. The SMILES string of the molecule is O=C1CC=CC=C1C(=O)Nc1ccc(Cl)nn1. The molecule has 0 saturated heterocycles. The Morgan fingerprint density at radius 3 is 2.82 bits per heavy atom. The lowest BCUT2D eigenvalue weighted by Gasteiger charge is -2.07. The second kappa shape index (κ2) is 4.88. The van der Waals surface area contributed by atoms with Gasteiger partial charge in [0.15, 0.2) is 16.8 Å². The molecular formula is C11H8ClN3O2. The third-order valence-corrected chi connectivity index (χ3v) is 2.32. The lowest BCUT2D eigenvalue weighted by Crippen LogP contribution is -2.21. The number of aromatic nitrogens is 2. The molecule has 0 spiro atoms. The number of ketones is 1. The van der Waals surface area contributed by atoms with Crippen LogP contribution >= 0.6 is 11.6 Å². The highest BCUT2D eigenvalue weighted by Crippen LogP contribution is 2.11. The first-order valence-corrected chi connectivity index (χ1v) is 5.25. The lowest BCUT2D eigenvalue weighted by atomic mass is 10.0. The van der Waals surface area contributed by atoms with E-state index in [1.807, 2.05) is 0 Å². The molecule has 0 atom stereocenters. The summed E-state index contributed by atoms with van der Waals surface area (Å²) in [7, 11) is 0. The van der Waals surface area contributed by atoms with Gasteiger partial charge in [0.2, 0.25) is 0 Å². The number of carbonyl (C=O) groups is 2. The van der Waals surface area contributed by atoms with Crippen molar-refractivity contribution in [3.63, 3.8) is 0 Å². The summed E-state index contributed by atoms with van der Waals surface area (Å²) < 4.78 is 0. The molecule has 0 radical (unpaired) electrons. The van der Waals surface area contributed by atoms with Gasteiger partial charge in [-0.15, -0.1) is 10.2 Å². The van der Waals surface area contributed by atoms with Gasteiger partial charge in [-0.05, 0) is 18.2 Å². The molecule has 5 nitrogen and oxygen atoms in total. The molecular weight excluding hydrogens is 242 g/mol. The molecule has 6 heteroatoms. The molecule has 86 valence electrons. The molecule has 0 bridgehead atoms. The van der Waals surface area contributed by atoms with Crippen LogP contribution in [0.2, 0.25) is 5.15 Å². The van der Waals surface area contributed by atoms with Gasteiger partial charge in [-0.1, -0.05) is 23.8 Å². The predicted molar refractivity (Wildman–Crippen MR) is 62.5 cm³/mol. The van der Waals surface area contributed by atoms with Crippen LogP contribution in [-0.2, 0) is 9.59 Å². The second-order valence-electron chi connectivity index (χ2n) is 3.33. The van der Waals surface area contributed by atoms with Crippen molar-refractivity contribution in [1.29, 1.82) is 0 Å². The van der Waals surface area contributed by atoms with Crippen LogP contribution in [0.4, 0.5) is 5.82 Å². The highest BCUT2D eigenvalue weighted by Gasteiger charge is 2.18. The second-order valence-corrected chi connectivity index (χ2v) is 3.72. The molecule has 17 heavy (non-hydrogen) atoms. The Bertz CT molecular complexity index is 520. The molecule has 0 aromatic carbocycles. The molecule has 1 aliphatic carbocycles. The number of allylic oxidation sites excluding steroid dienone is 3. The third-order valence-electron chi connectivity index (χ3n) is 2.12. The normalized spacial score (nSPS) is 14.4. The summed E-state index contributed by atoms with van der Waals surface area (Å²) in [6, 6.07) is 3.01. The van der Waals surface area contributed by atoms with Crippen LogP contribution in [0.25, 0.3) is 0 Å². The highest BCUT2D eigenvalue weighted by molar-refractivity contribution is 6.29. The van der Waals surface area contributed by atoms with E-state index in [-0.39, 0.29) is 28.7 Å². The van der Waals surface area contributed by atoms with Crippen LogP contribution in [0.1, 0.15) is 6.42 Å². The number of nitrogens with one attached hydrogen (secondary N) is 1. The Labute approximate surface area is 102 Å². The first-order valence-electron chi connectivity index (χ1n) is 4.87. The van der Waals surface area contributed by atoms with Gasteiger partial charge in [0.05, 0.1) is 5.57 Å². The summed E-state index contributed by atoms with van der Waals surface area (Å²) >= 11 is 5.56. The standard InChI is InChI=1S/C11H8ClN3O2/c12-9-5-6-10(15-14-9)13-11(17)7-3-1-2-4-8(7)16/h1-3,5-6H,4H2,(H,13,15,17). The van der Waals surface area contributed by atoms with Crippen LogP contribution in [0.15, 0.2) is 35.9 Å². The Morgan fingerprint density at radius 1 is 1.35 bits per heavy atom. The minimum atomic E-state index is -0.490. The van der Waals surface area contributed by atoms with Gasteiger partial charge in [0.25, 0.3) is 5.91 Å². The topological polar surface area (TPSA) is 72.0 Å². The number of rotatable bonds is 2. The summed E-state index contributed by atoms with van der Waals surface area (Å²) in [6.45, 7) is 0. The smallest absolute Gasteiger partial charge is 0.260 e. The average Bonchev–Trinajstić information content (AvgIpc) is 2.32. The maximum Gasteiger partial charge on any atom is 0.260 e. The minimum Gasteiger partial charge on any atom is -0.305 e. The van der Waals surface area contributed by atoms with Crippen molar-refractivity contribution in [2.24, 2.45) is 0 Å². The van der Waals surface area contributed by atoms with Gasteiger partial charge in [0.1, 0.15) is 0 Å². The van der Waals surface area contributed by atoms with E-state index in [0.717, 1.165) is 0 Å². The lowest BCUT2D eigenvalue weighted by molar-refractivity contribution is -0.119. The molecule has 1 heterocycles. The number of nitrogens with zero attached hydrogens (tertiary/aromatic N) is 2. The fraction of sp³-hybridized carbons (Fsp3) is 0.0909. The van der Waals surface area contributed by atoms with Gasteiger partial charge in [0, 0.05) is 6.42 Å². The zero-order valence-electron chi connectivity index (χ0n) is 8.68. The molecule has 0 saturated carbocycles. The first kappa shape index (κ1) is 11.5. The van der Waals surface area contributed by atoms with E-state index >= 15 is 0 Å². The maximum atomic E-state index is 11.7. The van der Waals surface area contributed by atoms with E-state index in [1.165, 1.54) is 18.2 Å². The number of carbonyl (C=O) groups excluding carboxylic acids is 2. The number of Topliss-reactive ketones (excluding diaryl/α,β-unsaturated/α-hetero) is 1. The van der Waals surface area contributed by atoms with Crippen LogP contribution in [0, 0.1) is 0 Å². The quantitative estimate of drug-likeness (QED) is 0.807. The molecule has 1 aromatic rings. The van der Waals surface area contributed by atoms with E-state index in [4.69, 9.17) is 11.6 Å². The van der Waals surface area contributed by atoms with Crippen molar-refractivity contribution in [2.45, 2.75) is 6.42 Å². The first-order chi connectivity index (χ1) is 8.16. The molecule has 2 rings (SSSR count). The van der Waals surface area contributed by atoms with Crippen LogP contribution in [-0.4, -0.2) is 21.9 Å². The van der Waals surface area contributed by atoms with Crippen molar-refractivity contribution < 1.29 is 9.59 Å². The van der Waals surface area contributed by atoms with Crippen LogP contribution < -0.4 is 5.32 Å². The van der Waals surface area contributed by atoms with E-state index in [9.17, 15) is 9.59 Å². The number of halogens is 1. The molecule has 1 amide bonds. The molecule has 0 aliphatic heterocycles. The summed E-state index contributed by atoms with van der Waals surface area (Å²) in [6.07, 6.45) is 5.08. The van der Waals surface area contributed by atoms with E-state index < -0.39 is 5.91 Å². The van der Waals surface area contributed by atoms with Crippen molar-refractivity contribution >= 4 is 29.1 Å². The summed E-state index contributed by atoms with van der Waals surface area (Å²) in [5, 5.41) is 9.96. The Morgan fingerprint density at radius 2 is 2.18 bits per heavy atom. The maximum absolute atomic E-state index is 11.7. The van der Waals surface area contributed by atoms with E-state index in [2.05, 4.69) is 15.5 Å². The van der Waals surface area contributed by atoms with Gasteiger partial charge in [-0.25, -0.2) is 0 Å². The average molecular weight is 250 g/mol. The van der Waals surface area contributed by atoms with Crippen molar-refractivity contribution in [3.05, 3.63) is 41.1 Å². The minimum absolute atomic E-state index is 0.115. The Balaban J connectivity index is 2.11. The zero-order chi connectivity index (χ0) is 12.3. The predicted octanol–water partition coefficient (Wildman–Crippen LogP) is 1.52. The van der Waals surface area contributed by atoms with Gasteiger partial charge < -0.3 is 5.32 Å². The fourth-order valence-electron chi connectivity index (χ4n) is 1.31. The van der Waals surface area contributed by atoms with Gasteiger partial charge in [-0.2, -0.15) is 0 Å². The van der Waals surface area contributed by atoms with E-state index in [0.29, 0.717) is 0 Å². The molecule has 1 aliphatic rings. The van der Waals surface area contributed by atoms with Gasteiger partial charge >= 0.3 is 0 Å². The Hall–Kier alpha value is -2.01. The molecule has 1 N–H and O–H groups in total. The van der Waals surface area contributed by atoms with Crippen molar-refractivity contribution in [1.82, 2.24) is 10.2 Å². The highest BCUT2D eigenvalue weighted by atomic mass is 35.5. The summed E-state index contributed by atoms with van der Waals surface area (Å²) in [4.78, 5) is 23.2. The van der Waals surface area contributed by atoms with Gasteiger partial charge in [-0.3, -0.25) is 9.59 Å². The fourth-order valence-corrected chi connectivity index (χ4v) is 1.41. The van der Waals surface area contributed by atoms with Crippen LogP contribution in [0.5, 0.6) is 0 Å². The number of hydrogen-bond donors (Lipinski definition) is 1. The zero-order valence-corrected chi connectivity index (χ0v) is 9.44. The molecule has 0 unspecified atom stereocenters. The van der Waals surface area contributed by atoms with E-state index in [1.54, 1.807) is 12.2 Å².